The van der Waals surface area contributed by atoms with E-state index in [1.165, 1.54) is 26.4 Å². The summed E-state index contributed by atoms with van der Waals surface area (Å²) >= 11 is 35.3. The van der Waals surface area contributed by atoms with Crippen molar-refractivity contribution < 1.29 is 14.3 Å². The average Bonchev–Trinajstić information content (AvgIpc) is 2.68. The van der Waals surface area contributed by atoms with Crippen molar-refractivity contribution in [3.05, 3.63) is 52.0 Å². The highest BCUT2D eigenvalue weighted by atomic mass is 35.6. The molecule has 0 aliphatic carbocycles. The first-order chi connectivity index (χ1) is 14.0. The van der Waals surface area contributed by atoms with E-state index in [1.807, 2.05) is 0 Å². The fourth-order valence-electron chi connectivity index (χ4n) is 2.27. The summed E-state index contributed by atoms with van der Waals surface area (Å²) in [6.45, 7) is 0. The third-order valence-corrected chi connectivity index (χ3v) is 5.14. The molecule has 2 aromatic rings. The smallest absolute Gasteiger partial charge is 0.253 e. The lowest BCUT2D eigenvalue weighted by Crippen LogP contribution is -2.56. The molecule has 0 spiro atoms. The van der Waals surface area contributed by atoms with Gasteiger partial charge in [-0.3, -0.25) is 4.79 Å². The second kappa shape index (κ2) is 10.8. The number of alkyl halides is 3. The molecule has 0 aromatic heterocycles. The summed E-state index contributed by atoms with van der Waals surface area (Å²) in [5.74, 6) is 0.300. The van der Waals surface area contributed by atoms with Gasteiger partial charge < -0.3 is 25.4 Å². The maximum atomic E-state index is 12.7. The van der Waals surface area contributed by atoms with Gasteiger partial charge in [0.15, 0.2) is 16.6 Å². The summed E-state index contributed by atoms with van der Waals surface area (Å²) in [6.07, 6.45) is -1.18. The van der Waals surface area contributed by atoms with Gasteiger partial charge >= 0.3 is 0 Å². The number of benzene rings is 2. The molecule has 1 amide bonds. The van der Waals surface area contributed by atoms with Crippen molar-refractivity contribution in [2.24, 2.45) is 0 Å². The lowest BCUT2D eigenvalue weighted by molar-refractivity contribution is 0.0934. The van der Waals surface area contributed by atoms with Crippen molar-refractivity contribution >= 4 is 86.9 Å². The number of carbonyl (C=O) groups excluding carboxylic acids is 1. The van der Waals surface area contributed by atoms with Crippen LogP contribution in [0.3, 0.4) is 0 Å². The minimum atomic E-state index is -1.93. The number of carbonyl (C=O) groups is 1. The van der Waals surface area contributed by atoms with Gasteiger partial charge in [-0.2, -0.15) is 0 Å². The highest BCUT2D eigenvalue weighted by Gasteiger charge is 2.35. The number of rotatable bonds is 6. The molecule has 162 valence electrons. The molecule has 0 radical (unpaired) electrons. The normalized spacial score (nSPS) is 12.0. The van der Waals surface area contributed by atoms with Gasteiger partial charge in [0.2, 0.25) is 3.79 Å². The number of hydrogen-bond acceptors (Lipinski definition) is 4. The van der Waals surface area contributed by atoms with Gasteiger partial charge in [0.05, 0.1) is 24.9 Å². The largest absolute Gasteiger partial charge is 0.493 e. The molecule has 12 heteroatoms. The monoisotopic (exact) mass is 529 g/mol. The molecule has 0 heterocycles. The van der Waals surface area contributed by atoms with Crippen molar-refractivity contribution in [1.29, 1.82) is 0 Å². The van der Waals surface area contributed by atoms with E-state index in [9.17, 15) is 4.79 Å². The zero-order valence-electron chi connectivity index (χ0n) is 15.6. The molecule has 0 aliphatic rings. The number of methoxy groups -OCH3 is 2. The molecular weight excluding hydrogens is 516 g/mol. The topological polar surface area (TPSA) is 71.6 Å². The zero-order chi connectivity index (χ0) is 22.5. The Morgan fingerprint density at radius 1 is 1.00 bits per heavy atom. The predicted octanol–water partition coefficient (Wildman–Crippen LogP) is 5.42. The Balaban J connectivity index is 2.15. The molecule has 30 heavy (non-hydrogen) atoms. The van der Waals surface area contributed by atoms with E-state index in [4.69, 9.17) is 79.7 Å². The van der Waals surface area contributed by atoms with Gasteiger partial charge in [-0.15, -0.1) is 0 Å². The van der Waals surface area contributed by atoms with Crippen LogP contribution in [0.5, 0.6) is 11.5 Å². The van der Waals surface area contributed by atoms with Crippen LogP contribution >= 0.6 is 70.2 Å². The fraction of sp³-hybridized carbons (Fsp3) is 0.222. The van der Waals surface area contributed by atoms with Gasteiger partial charge in [0.25, 0.3) is 5.91 Å². The first-order valence-corrected chi connectivity index (χ1v) is 10.5. The molecule has 1 atom stereocenters. The molecule has 6 nitrogen and oxygen atoms in total. The predicted molar refractivity (Wildman–Crippen MR) is 127 cm³/mol. The summed E-state index contributed by atoms with van der Waals surface area (Å²) in [6, 6.07) is 9.41. The van der Waals surface area contributed by atoms with Crippen LogP contribution in [-0.4, -0.2) is 35.2 Å². The summed E-state index contributed by atoms with van der Waals surface area (Å²) in [4.78, 5) is 12.7. The Hall–Kier alpha value is -1.35. The van der Waals surface area contributed by atoms with E-state index < -0.39 is 15.9 Å². The van der Waals surface area contributed by atoms with E-state index in [-0.39, 0.29) is 10.7 Å². The Labute approximate surface area is 204 Å². The molecular formula is C18H16Cl5N3O3S. The van der Waals surface area contributed by atoms with Gasteiger partial charge in [-0.1, -0.05) is 58.0 Å². The lowest BCUT2D eigenvalue weighted by Gasteiger charge is -2.28. The standard InChI is InChI=1S/C18H16Cl5N3O3S/c1-28-13-6-3-9(7-14(13)29-2)15(27)25-16(18(21,22)23)26-17(30)24-12-8-10(19)4-5-11(12)20/h3-8,16H,1-2H3,(H,25,27)(H2,24,26,30)/t16-/m1/s1. The van der Waals surface area contributed by atoms with Crippen LogP contribution in [0.15, 0.2) is 36.4 Å². The van der Waals surface area contributed by atoms with Crippen molar-refractivity contribution in [3.63, 3.8) is 0 Å². The molecule has 0 saturated carbocycles. The van der Waals surface area contributed by atoms with Gasteiger partial charge in [0.1, 0.15) is 6.17 Å². The number of hydrogen-bond donors (Lipinski definition) is 3. The van der Waals surface area contributed by atoms with Gasteiger partial charge in [-0.05, 0) is 48.6 Å². The summed E-state index contributed by atoms with van der Waals surface area (Å²) in [5, 5.41) is 9.03. The van der Waals surface area contributed by atoms with Crippen LogP contribution in [0.1, 0.15) is 10.4 Å². The lowest BCUT2D eigenvalue weighted by atomic mass is 10.2. The number of anilines is 1. The van der Waals surface area contributed by atoms with Crippen LogP contribution < -0.4 is 25.4 Å². The summed E-state index contributed by atoms with van der Waals surface area (Å²) in [5.41, 5.74) is 0.696. The third kappa shape index (κ3) is 6.83. The molecule has 0 unspecified atom stereocenters. The first-order valence-electron chi connectivity index (χ1n) is 8.17. The van der Waals surface area contributed by atoms with Gasteiger partial charge in [-0.25, -0.2) is 0 Å². The van der Waals surface area contributed by atoms with Crippen LogP contribution in [-0.2, 0) is 0 Å². The maximum Gasteiger partial charge on any atom is 0.253 e. The Morgan fingerprint density at radius 2 is 1.67 bits per heavy atom. The molecule has 0 fully saturated rings. The van der Waals surface area contributed by atoms with Crippen LogP contribution in [0.2, 0.25) is 10.0 Å². The third-order valence-electron chi connectivity index (χ3n) is 3.70. The van der Waals surface area contributed by atoms with E-state index in [2.05, 4.69) is 16.0 Å². The highest BCUT2D eigenvalue weighted by Crippen LogP contribution is 2.31. The number of nitrogens with one attached hydrogen (secondary N) is 3. The fourth-order valence-corrected chi connectivity index (χ4v) is 3.17. The van der Waals surface area contributed by atoms with Crippen molar-refractivity contribution in [2.45, 2.75) is 9.96 Å². The summed E-state index contributed by atoms with van der Waals surface area (Å²) < 4.78 is 8.42. The summed E-state index contributed by atoms with van der Waals surface area (Å²) in [7, 11) is 2.94. The van der Waals surface area contributed by atoms with Gasteiger partial charge in [0, 0.05) is 10.6 Å². The Bertz CT molecular complexity index is 940. The zero-order valence-corrected chi connectivity index (χ0v) is 20.2. The molecule has 0 saturated heterocycles. The van der Waals surface area contributed by atoms with Crippen LogP contribution in [0, 0.1) is 0 Å². The quantitative estimate of drug-likeness (QED) is 0.263. The highest BCUT2D eigenvalue weighted by molar-refractivity contribution is 7.80. The molecule has 3 N–H and O–H groups in total. The van der Waals surface area contributed by atoms with Crippen molar-refractivity contribution in [1.82, 2.24) is 10.6 Å². The molecule has 0 bridgehead atoms. The number of ether oxygens (including phenoxy) is 2. The number of thiocarbonyl (C=S) groups is 1. The minimum absolute atomic E-state index is 0.0445. The van der Waals surface area contributed by atoms with Crippen molar-refractivity contribution in [3.8, 4) is 11.5 Å². The van der Waals surface area contributed by atoms with Crippen LogP contribution in [0.25, 0.3) is 0 Å². The van der Waals surface area contributed by atoms with E-state index in [1.54, 1.807) is 24.3 Å². The Morgan fingerprint density at radius 3 is 2.27 bits per heavy atom. The molecule has 2 rings (SSSR count). The van der Waals surface area contributed by atoms with Crippen LogP contribution in [0.4, 0.5) is 5.69 Å². The van der Waals surface area contributed by atoms with E-state index >= 15 is 0 Å². The number of halogens is 5. The van der Waals surface area contributed by atoms with E-state index in [0.717, 1.165) is 0 Å². The van der Waals surface area contributed by atoms with Crippen molar-refractivity contribution in [2.75, 3.05) is 19.5 Å². The second-order valence-corrected chi connectivity index (χ2v) is 9.36. The SMILES string of the molecule is COc1ccc(C(=O)N[C@H](NC(=S)Nc2cc(Cl)ccc2Cl)C(Cl)(Cl)Cl)cc1OC. The van der Waals surface area contributed by atoms with E-state index in [0.29, 0.717) is 27.2 Å². The first kappa shape index (κ1) is 24.9. The Kier molecular flexibility index (Phi) is 8.97. The minimum Gasteiger partial charge on any atom is -0.493 e. The number of amides is 1. The average molecular weight is 532 g/mol. The molecule has 0 aliphatic heterocycles. The molecule has 2 aromatic carbocycles. The maximum absolute atomic E-state index is 12.7. The second-order valence-electron chi connectivity index (χ2n) is 5.74.